The van der Waals surface area contributed by atoms with Crippen molar-refractivity contribution in [2.45, 2.75) is 25.4 Å². The number of piperazine rings is 1. The predicted molar refractivity (Wildman–Crippen MR) is 90.6 cm³/mol. The standard InChI is InChI=1S/C17H24N2O2S/c20-17(21)15-3-1-2-14(12-15)13-18-6-8-19(9-7-18)16-4-10-22-11-5-16/h1-3,12,16H,4-11,13H2,(H,20,21). The van der Waals surface area contributed by atoms with Gasteiger partial charge < -0.3 is 5.11 Å². The number of nitrogens with zero attached hydrogens (tertiary/aromatic N) is 2. The van der Waals surface area contributed by atoms with E-state index in [-0.39, 0.29) is 0 Å². The molecular weight excluding hydrogens is 296 g/mol. The molecule has 1 N–H and O–H groups in total. The van der Waals surface area contributed by atoms with E-state index in [1.54, 1.807) is 12.1 Å². The molecule has 2 heterocycles. The summed E-state index contributed by atoms with van der Waals surface area (Å²) in [4.78, 5) is 16.1. The zero-order valence-electron chi connectivity index (χ0n) is 12.9. The topological polar surface area (TPSA) is 43.8 Å². The highest BCUT2D eigenvalue weighted by Gasteiger charge is 2.25. The molecular formula is C17H24N2O2S. The zero-order chi connectivity index (χ0) is 15.4. The lowest BCUT2D eigenvalue weighted by Crippen LogP contribution is -2.50. The van der Waals surface area contributed by atoms with E-state index < -0.39 is 5.97 Å². The lowest BCUT2D eigenvalue weighted by molar-refractivity contribution is 0.0696. The van der Waals surface area contributed by atoms with Gasteiger partial charge in [0.05, 0.1) is 5.56 Å². The minimum Gasteiger partial charge on any atom is -0.478 e. The number of aromatic carboxylic acids is 1. The molecule has 0 atom stereocenters. The maximum atomic E-state index is 11.0. The van der Waals surface area contributed by atoms with Gasteiger partial charge in [-0.05, 0) is 42.0 Å². The monoisotopic (exact) mass is 320 g/mol. The molecule has 0 aromatic heterocycles. The van der Waals surface area contributed by atoms with Crippen molar-refractivity contribution in [1.29, 1.82) is 0 Å². The Hall–Kier alpha value is -1.04. The molecule has 0 bridgehead atoms. The van der Waals surface area contributed by atoms with Crippen LogP contribution in [0.4, 0.5) is 0 Å². The molecule has 0 saturated carbocycles. The lowest BCUT2D eigenvalue weighted by atomic mass is 10.1. The van der Waals surface area contributed by atoms with Crippen molar-refractivity contribution in [2.24, 2.45) is 0 Å². The summed E-state index contributed by atoms with van der Waals surface area (Å²) >= 11 is 2.08. The molecule has 0 radical (unpaired) electrons. The van der Waals surface area contributed by atoms with Gasteiger partial charge >= 0.3 is 5.97 Å². The fourth-order valence-corrected chi connectivity index (χ4v) is 4.48. The van der Waals surface area contributed by atoms with Gasteiger partial charge in [-0.15, -0.1) is 0 Å². The summed E-state index contributed by atoms with van der Waals surface area (Å²) in [6.45, 7) is 5.32. The van der Waals surface area contributed by atoms with E-state index in [2.05, 4.69) is 21.6 Å². The molecule has 120 valence electrons. The molecule has 3 rings (SSSR count). The van der Waals surface area contributed by atoms with Crippen LogP contribution >= 0.6 is 11.8 Å². The molecule has 0 unspecified atom stereocenters. The second-order valence-electron chi connectivity index (χ2n) is 6.16. The number of carboxylic acid groups (broad SMARTS) is 1. The Labute approximate surface area is 136 Å². The van der Waals surface area contributed by atoms with Crippen LogP contribution in [0.3, 0.4) is 0 Å². The van der Waals surface area contributed by atoms with Crippen LogP contribution in [0.1, 0.15) is 28.8 Å². The van der Waals surface area contributed by atoms with Gasteiger partial charge in [0.2, 0.25) is 0 Å². The first kappa shape index (κ1) is 15.8. The van der Waals surface area contributed by atoms with Crippen molar-refractivity contribution >= 4 is 17.7 Å². The molecule has 2 fully saturated rings. The van der Waals surface area contributed by atoms with Gasteiger partial charge in [0, 0.05) is 38.8 Å². The molecule has 2 saturated heterocycles. The molecule has 2 aliphatic rings. The van der Waals surface area contributed by atoms with E-state index in [1.807, 2.05) is 12.1 Å². The average molecular weight is 320 g/mol. The van der Waals surface area contributed by atoms with Crippen LogP contribution in [-0.2, 0) is 6.54 Å². The van der Waals surface area contributed by atoms with Gasteiger partial charge in [-0.3, -0.25) is 9.80 Å². The predicted octanol–water partition coefficient (Wildman–Crippen LogP) is 2.40. The van der Waals surface area contributed by atoms with Gasteiger partial charge in [0.15, 0.2) is 0 Å². The number of carboxylic acids is 1. The van der Waals surface area contributed by atoms with Crippen LogP contribution < -0.4 is 0 Å². The lowest BCUT2D eigenvalue weighted by Gasteiger charge is -2.40. The normalized spacial score (nSPS) is 21.8. The van der Waals surface area contributed by atoms with E-state index in [9.17, 15) is 4.79 Å². The molecule has 0 spiro atoms. The van der Waals surface area contributed by atoms with Crippen LogP contribution in [0, 0.1) is 0 Å². The summed E-state index contributed by atoms with van der Waals surface area (Å²) < 4.78 is 0. The first-order chi connectivity index (χ1) is 10.7. The summed E-state index contributed by atoms with van der Waals surface area (Å²) in [6.07, 6.45) is 2.68. The van der Waals surface area contributed by atoms with E-state index in [0.29, 0.717) is 5.56 Å². The largest absolute Gasteiger partial charge is 0.478 e. The van der Waals surface area contributed by atoms with E-state index in [0.717, 1.165) is 44.3 Å². The molecule has 0 aliphatic carbocycles. The van der Waals surface area contributed by atoms with Gasteiger partial charge in [0.1, 0.15) is 0 Å². The fourth-order valence-electron chi connectivity index (χ4n) is 3.40. The Morgan fingerprint density at radius 1 is 1.18 bits per heavy atom. The molecule has 2 aliphatic heterocycles. The summed E-state index contributed by atoms with van der Waals surface area (Å²) in [5.41, 5.74) is 1.48. The summed E-state index contributed by atoms with van der Waals surface area (Å²) in [5.74, 6) is 1.78. The van der Waals surface area contributed by atoms with Crippen molar-refractivity contribution in [2.75, 3.05) is 37.7 Å². The van der Waals surface area contributed by atoms with Crippen LogP contribution in [-0.4, -0.2) is 64.6 Å². The Kier molecular flexibility index (Phi) is 5.39. The second-order valence-corrected chi connectivity index (χ2v) is 7.39. The maximum Gasteiger partial charge on any atom is 0.335 e. The number of hydrogen-bond donors (Lipinski definition) is 1. The number of carbonyl (C=O) groups is 1. The summed E-state index contributed by atoms with van der Waals surface area (Å²) in [5, 5.41) is 9.07. The summed E-state index contributed by atoms with van der Waals surface area (Å²) in [7, 11) is 0. The third kappa shape index (κ3) is 4.03. The van der Waals surface area contributed by atoms with Crippen molar-refractivity contribution in [3.8, 4) is 0 Å². The highest BCUT2D eigenvalue weighted by Crippen LogP contribution is 2.23. The van der Waals surface area contributed by atoms with Gasteiger partial charge in [0.25, 0.3) is 0 Å². The molecule has 22 heavy (non-hydrogen) atoms. The van der Waals surface area contributed by atoms with Crippen LogP contribution in [0.25, 0.3) is 0 Å². The van der Waals surface area contributed by atoms with Crippen molar-refractivity contribution in [3.05, 3.63) is 35.4 Å². The fraction of sp³-hybridized carbons (Fsp3) is 0.588. The molecule has 5 heteroatoms. The molecule has 4 nitrogen and oxygen atoms in total. The Bertz CT molecular complexity index is 509. The Morgan fingerprint density at radius 2 is 1.91 bits per heavy atom. The quantitative estimate of drug-likeness (QED) is 0.923. The van der Waals surface area contributed by atoms with Crippen molar-refractivity contribution in [3.63, 3.8) is 0 Å². The molecule has 0 amide bonds. The van der Waals surface area contributed by atoms with Gasteiger partial charge in [-0.25, -0.2) is 4.79 Å². The van der Waals surface area contributed by atoms with E-state index >= 15 is 0 Å². The van der Waals surface area contributed by atoms with Crippen molar-refractivity contribution in [1.82, 2.24) is 9.80 Å². The minimum absolute atomic E-state index is 0.385. The minimum atomic E-state index is -0.846. The Balaban J connectivity index is 1.51. The van der Waals surface area contributed by atoms with Crippen molar-refractivity contribution < 1.29 is 9.90 Å². The second kappa shape index (κ2) is 7.49. The smallest absolute Gasteiger partial charge is 0.335 e. The Morgan fingerprint density at radius 3 is 2.59 bits per heavy atom. The maximum absolute atomic E-state index is 11.0. The SMILES string of the molecule is O=C(O)c1cccc(CN2CCN(C3CCSCC3)CC2)c1. The highest BCUT2D eigenvalue weighted by atomic mass is 32.2. The highest BCUT2D eigenvalue weighted by molar-refractivity contribution is 7.99. The average Bonchev–Trinajstić information content (AvgIpc) is 2.56. The number of benzene rings is 1. The third-order valence-electron chi connectivity index (χ3n) is 4.69. The van der Waals surface area contributed by atoms with E-state index in [1.165, 1.54) is 24.3 Å². The first-order valence-corrected chi connectivity index (χ1v) is 9.24. The summed E-state index contributed by atoms with van der Waals surface area (Å²) in [6, 6.07) is 8.11. The van der Waals surface area contributed by atoms with E-state index in [4.69, 9.17) is 5.11 Å². The van der Waals surface area contributed by atoms with Crippen LogP contribution in [0.15, 0.2) is 24.3 Å². The number of rotatable bonds is 4. The number of thioether (sulfide) groups is 1. The number of hydrogen-bond acceptors (Lipinski definition) is 4. The molecule has 1 aromatic rings. The van der Waals surface area contributed by atoms with Gasteiger partial charge in [-0.2, -0.15) is 11.8 Å². The van der Waals surface area contributed by atoms with Gasteiger partial charge in [-0.1, -0.05) is 12.1 Å². The molecule has 1 aromatic carbocycles. The van der Waals surface area contributed by atoms with Crippen LogP contribution in [0.2, 0.25) is 0 Å². The third-order valence-corrected chi connectivity index (χ3v) is 5.74. The first-order valence-electron chi connectivity index (χ1n) is 8.09. The zero-order valence-corrected chi connectivity index (χ0v) is 13.7. The van der Waals surface area contributed by atoms with Crippen LogP contribution in [0.5, 0.6) is 0 Å².